The molecule has 7 heteroatoms. The molecule has 0 spiro atoms. The highest BCUT2D eigenvalue weighted by molar-refractivity contribution is 6.05. The van der Waals surface area contributed by atoms with Gasteiger partial charge in [0.2, 0.25) is 0 Å². The summed E-state index contributed by atoms with van der Waals surface area (Å²) in [6.07, 6.45) is 5.15. The highest BCUT2D eigenvalue weighted by atomic mass is 16.2. The molecule has 1 heterocycles. The van der Waals surface area contributed by atoms with E-state index in [9.17, 15) is 9.59 Å². The topological polar surface area (TPSA) is 90.7 Å². The number of nitrogens with two attached hydrogens (primary N) is 1. The fourth-order valence-electron chi connectivity index (χ4n) is 5.38. The second-order valence-electron chi connectivity index (χ2n) is 12.1. The van der Waals surface area contributed by atoms with Crippen molar-refractivity contribution in [1.29, 1.82) is 0 Å². The Bertz CT molecular complexity index is 1110. The van der Waals surface area contributed by atoms with Gasteiger partial charge in [0.1, 0.15) is 0 Å². The Morgan fingerprint density at radius 3 is 2.32 bits per heavy atom. The number of carbonyl (C=O) groups excluding carboxylic acids is 2. The summed E-state index contributed by atoms with van der Waals surface area (Å²) >= 11 is 0. The van der Waals surface area contributed by atoms with Crippen LogP contribution in [0, 0.1) is 0 Å². The Labute approximate surface area is 228 Å². The largest absolute Gasteiger partial charge is 0.348 e. The van der Waals surface area contributed by atoms with Gasteiger partial charge < -0.3 is 21.3 Å². The minimum absolute atomic E-state index is 0.00983. The predicted molar refractivity (Wildman–Crippen MR) is 155 cm³/mol. The molecule has 0 bridgehead atoms. The standard InChI is InChI=1S/C31H45N5O2/c1-31(2,3)25-14-12-22(13-15-25)29(37)34-28-20-23(30(38)33-27-9-6-5-8-26(27)32)10-11-24(28)21-36-17-7-16-35(4)18-19-36/h10-15,20,26-27H,5-9,16-19,21,32H2,1-4H3,(H,33,38)(H,34,37). The number of nitrogens with one attached hydrogen (secondary N) is 2. The van der Waals surface area contributed by atoms with Gasteiger partial charge in [0.05, 0.1) is 0 Å². The molecule has 1 saturated heterocycles. The van der Waals surface area contributed by atoms with E-state index in [1.807, 2.05) is 42.5 Å². The summed E-state index contributed by atoms with van der Waals surface area (Å²) in [4.78, 5) is 31.3. The first-order valence-electron chi connectivity index (χ1n) is 14.1. The molecule has 1 aliphatic heterocycles. The van der Waals surface area contributed by atoms with Crippen LogP contribution in [0.2, 0.25) is 0 Å². The first kappa shape index (κ1) is 28.3. The quantitative estimate of drug-likeness (QED) is 0.527. The van der Waals surface area contributed by atoms with Crippen molar-refractivity contribution in [2.75, 3.05) is 38.5 Å². The van der Waals surface area contributed by atoms with Crippen molar-refractivity contribution >= 4 is 17.5 Å². The number of likely N-dealkylation sites (N-methyl/N-ethyl adjacent to an activating group) is 1. The third-order valence-electron chi connectivity index (χ3n) is 7.98. The van der Waals surface area contributed by atoms with E-state index in [0.717, 1.165) is 70.4 Å². The highest BCUT2D eigenvalue weighted by Gasteiger charge is 2.24. The summed E-state index contributed by atoms with van der Waals surface area (Å²) < 4.78 is 0. The maximum Gasteiger partial charge on any atom is 0.255 e. The molecular weight excluding hydrogens is 474 g/mol. The molecule has 38 heavy (non-hydrogen) atoms. The Hall–Kier alpha value is -2.74. The molecule has 2 amide bonds. The Kier molecular flexibility index (Phi) is 9.23. The van der Waals surface area contributed by atoms with Crippen LogP contribution < -0.4 is 16.4 Å². The predicted octanol–water partition coefficient (Wildman–Crippen LogP) is 4.37. The van der Waals surface area contributed by atoms with Gasteiger partial charge in [0.15, 0.2) is 0 Å². The Balaban J connectivity index is 1.55. The van der Waals surface area contributed by atoms with Crippen LogP contribution in [0.5, 0.6) is 0 Å². The van der Waals surface area contributed by atoms with Crippen molar-refractivity contribution in [3.05, 3.63) is 64.7 Å². The summed E-state index contributed by atoms with van der Waals surface area (Å²) in [6.45, 7) is 11.3. The lowest BCUT2D eigenvalue weighted by atomic mass is 9.86. The van der Waals surface area contributed by atoms with Crippen molar-refractivity contribution in [2.24, 2.45) is 5.73 Å². The van der Waals surface area contributed by atoms with Crippen LogP contribution in [0.25, 0.3) is 0 Å². The molecule has 0 radical (unpaired) electrons. The van der Waals surface area contributed by atoms with Crippen LogP contribution in [0.4, 0.5) is 5.69 Å². The van der Waals surface area contributed by atoms with E-state index < -0.39 is 0 Å². The van der Waals surface area contributed by atoms with Gasteiger partial charge in [-0.05, 0) is 80.2 Å². The Morgan fingerprint density at radius 1 is 0.895 bits per heavy atom. The van der Waals surface area contributed by atoms with Gasteiger partial charge in [-0.15, -0.1) is 0 Å². The average molecular weight is 520 g/mol. The van der Waals surface area contributed by atoms with Crippen molar-refractivity contribution in [1.82, 2.24) is 15.1 Å². The lowest BCUT2D eigenvalue weighted by molar-refractivity contribution is 0.0920. The fraction of sp³-hybridized carbons (Fsp3) is 0.548. The normalized spacial score (nSPS) is 21.5. The van der Waals surface area contributed by atoms with Gasteiger partial charge in [-0.3, -0.25) is 14.5 Å². The smallest absolute Gasteiger partial charge is 0.255 e. The number of amides is 2. The second kappa shape index (κ2) is 12.4. The summed E-state index contributed by atoms with van der Waals surface area (Å²) in [5.74, 6) is -0.311. The van der Waals surface area contributed by atoms with Gasteiger partial charge >= 0.3 is 0 Å². The van der Waals surface area contributed by atoms with Gasteiger partial charge in [0, 0.05) is 48.5 Å². The van der Waals surface area contributed by atoms with Gasteiger partial charge in [-0.1, -0.05) is 51.8 Å². The molecule has 4 N–H and O–H groups in total. The van der Waals surface area contributed by atoms with E-state index >= 15 is 0 Å². The number of carbonyl (C=O) groups is 2. The van der Waals surface area contributed by atoms with Gasteiger partial charge in [-0.2, -0.15) is 0 Å². The van der Waals surface area contributed by atoms with E-state index in [0.29, 0.717) is 16.8 Å². The fourth-order valence-corrected chi connectivity index (χ4v) is 5.38. The van der Waals surface area contributed by atoms with Crippen molar-refractivity contribution in [2.45, 2.75) is 76.9 Å². The average Bonchev–Trinajstić information content (AvgIpc) is 3.09. The van der Waals surface area contributed by atoms with Crippen LogP contribution in [-0.4, -0.2) is 66.9 Å². The molecule has 7 nitrogen and oxygen atoms in total. The zero-order chi connectivity index (χ0) is 27.3. The molecule has 206 valence electrons. The van der Waals surface area contributed by atoms with Crippen molar-refractivity contribution < 1.29 is 9.59 Å². The summed E-state index contributed by atoms with van der Waals surface area (Å²) in [5, 5.41) is 6.26. The van der Waals surface area contributed by atoms with Crippen LogP contribution in [0.3, 0.4) is 0 Å². The molecule has 2 atom stereocenters. The summed E-state index contributed by atoms with van der Waals surface area (Å²) in [6, 6.07) is 13.4. The van der Waals surface area contributed by atoms with E-state index in [1.165, 1.54) is 5.56 Å². The zero-order valence-corrected chi connectivity index (χ0v) is 23.6. The van der Waals surface area contributed by atoms with Crippen molar-refractivity contribution in [3.8, 4) is 0 Å². The summed E-state index contributed by atoms with van der Waals surface area (Å²) in [5.41, 5.74) is 10.3. The van der Waals surface area contributed by atoms with Crippen LogP contribution in [0.1, 0.15) is 84.7 Å². The van der Waals surface area contributed by atoms with E-state index in [1.54, 1.807) is 0 Å². The third-order valence-corrected chi connectivity index (χ3v) is 7.98. The second-order valence-corrected chi connectivity index (χ2v) is 12.1. The molecular formula is C31H45N5O2. The molecule has 1 saturated carbocycles. The van der Waals surface area contributed by atoms with E-state index in [-0.39, 0.29) is 29.3 Å². The minimum Gasteiger partial charge on any atom is -0.348 e. The van der Waals surface area contributed by atoms with Gasteiger partial charge in [0.25, 0.3) is 11.8 Å². The minimum atomic E-state index is -0.172. The molecule has 2 aromatic carbocycles. The molecule has 2 fully saturated rings. The molecule has 0 aromatic heterocycles. The third kappa shape index (κ3) is 7.43. The lowest BCUT2D eigenvalue weighted by Crippen LogP contribution is -2.49. The van der Waals surface area contributed by atoms with Crippen LogP contribution in [0.15, 0.2) is 42.5 Å². The maximum atomic E-state index is 13.3. The Morgan fingerprint density at radius 2 is 1.61 bits per heavy atom. The number of anilines is 1. The number of rotatable bonds is 6. The molecule has 4 rings (SSSR count). The van der Waals surface area contributed by atoms with Gasteiger partial charge in [-0.25, -0.2) is 0 Å². The maximum absolute atomic E-state index is 13.3. The van der Waals surface area contributed by atoms with E-state index in [4.69, 9.17) is 5.73 Å². The molecule has 1 aliphatic carbocycles. The number of nitrogens with zero attached hydrogens (tertiary/aromatic N) is 2. The zero-order valence-electron chi connectivity index (χ0n) is 23.6. The number of hydrogen-bond acceptors (Lipinski definition) is 5. The first-order chi connectivity index (χ1) is 18.1. The molecule has 2 unspecified atom stereocenters. The van der Waals surface area contributed by atoms with Crippen LogP contribution >= 0.6 is 0 Å². The summed E-state index contributed by atoms with van der Waals surface area (Å²) in [7, 11) is 2.16. The van der Waals surface area contributed by atoms with Crippen molar-refractivity contribution in [3.63, 3.8) is 0 Å². The molecule has 2 aliphatic rings. The SMILES string of the molecule is CN1CCCN(Cc2ccc(C(=O)NC3CCCCC3N)cc2NC(=O)c2ccc(C(C)(C)C)cc2)CC1. The number of hydrogen-bond donors (Lipinski definition) is 3. The number of benzene rings is 2. The lowest BCUT2D eigenvalue weighted by Gasteiger charge is -2.29. The monoisotopic (exact) mass is 519 g/mol. The first-order valence-corrected chi connectivity index (χ1v) is 14.1. The molecule has 2 aromatic rings. The van der Waals surface area contributed by atoms with E-state index in [2.05, 4.69) is 48.3 Å². The van der Waals surface area contributed by atoms with Crippen LogP contribution in [-0.2, 0) is 12.0 Å². The highest BCUT2D eigenvalue weighted by Crippen LogP contribution is 2.25.